The number of alkyl halides is 3. The van der Waals surface area contributed by atoms with Gasteiger partial charge < -0.3 is 25.8 Å². The summed E-state index contributed by atoms with van der Waals surface area (Å²) in [5.41, 5.74) is 4.09. The molecule has 1 aliphatic heterocycles. The van der Waals surface area contributed by atoms with Gasteiger partial charge in [0.2, 0.25) is 5.91 Å². The molecule has 1 saturated heterocycles. The Balaban J connectivity index is 1.55. The first-order valence-electron chi connectivity index (χ1n) is 10.8. The van der Waals surface area contributed by atoms with E-state index < -0.39 is 41.7 Å². The first-order valence-corrected chi connectivity index (χ1v) is 10.8. The van der Waals surface area contributed by atoms with Crippen molar-refractivity contribution in [2.45, 2.75) is 44.0 Å². The van der Waals surface area contributed by atoms with Crippen LogP contribution < -0.4 is 20.7 Å². The Morgan fingerprint density at radius 3 is 2.40 bits per heavy atom. The molecule has 188 valence electrons. The molecule has 35 heavy (non-hydrogen) atoms. The number of nitrogens with zero attached hydrogens (tertiary/aromatic N) is 3. The number of hydrogen-bond donors (Lipinski definition) is 3. The number of amides is 2. The fourth-order valence-corrected chi connectivity index (χ4v) is 3.58. The highest BCUT2D eigenvalue weighted by atomic mass is 19.4. The minimum Gasteiger partial charge on any atom is -0.490 e. The van der Waals surface area contributed by atoms with Gasteiger partial charge in [-0.3, -0.25) is 9.59 Å². The maximum atomic E-state index is 13.2. The number of halogens is 3. The number of ether oxygens (including phenoxy) is 1. The molecule has 13 heteroatoms. The van der Waals surface area contributed by atoms with Gasteiger partial charge in [-0.25, -0.2) is 4.79 Å². The summed E-state index contributed by atoms with van der Waals surface area (Å²) in [6, 6.07) is 6.70. The Kier molecular flexibility index (Phi) is 8.10. The van der Waals surface area contributed by atoms with Gasteiger partial charge in [0.25, 0.3) is 5.91 Å². The molecule has 4 N–H and O–H groups in total. The Bertz CT molecular complexity index is 1060. The van der Waals surface area contributed by atoms with E-state index in [0.717, 1.165) is 6.07 Å². The number of benzene rings is 1. The molecule has 2 amide bonds. The molecule has 3 rings (SSSR count). The van der Waals surface area contributed by atoms with E-state index in [0.29, 0.717) is 31.7 Å². The van der Waals surface area contributed by atoms with Crippen LogP contribution in [0.5, 0.6) is 5.75 Å². The number of carboxylic acids is 1. The van der Waals surface area contributed by atoms with E-state index in [1.54, 1.807) is 6.07 Å². The van der Waals surface area contributed by atoms with Crippen LogP contribution in [0, 0.1) is 0 Å². The van der Waals surface area contributed by atoms with Gasteiger partial charge in [-0.15, -0.1) is 10.2 Å². The number of nitrogens with two attached hydrogens (primary N) is 1. The lowest BCUT2D eigenvalue weighted by Gasteiger charge is -2.33. The average Bonchev–Trinajstić information content (AvgIpc) is 2.81. The third kappa shape index (κ3) is 7.04. The number of carbonyl (C=O) groups excluding carboxylic acids is 2. The van der Waals surface area contributed by atoms with Crippen LogP contribution in [0.3, 0.4) is 0 Å². The minimum absolute atomic E-state index is 0.110. The van der Waals surface area contributed by atoms with Crippen LogP contribution in [-0.4, -0.2) is 58.3 Å². The summed E-state index contributed by atoms with van der Waals surface area (Å²) in [5, 5.41) is 19.3. The highest BCUT2D eigenvalue weighted by molar-refractivity contribution is 5.95. The van der Waals surface area contributed by atoms with Gasteiger partial charge in [0.05, 0.1) is 5.56 Å². The summed E-state index contributed by atoms with van der Waals surface area (Å²) in [6.45, 7) is 0.903. The van der Waals surface area contributed by atoms with Crippen LogP contribution in [0.1, 0.15) is 41.7 Å². The Morgan fingerprint density at radius 1 is 1.14 bits per heavy atom. The standard InChI is InChI=1S/C22H24F3N5O5/c23-22(24,25)14-3-1-2-4-17(14)35-13-9-11-30(12-10-13)19-8-6-15(28-29-19)20(32)27-16(21(33)34)5-7-18(26)31/h1-4,6,8,13,16H,5,7,9-12H2,(H2,26,31)(H,27,32)(H,33,34)/t16-/m0/s1. The van der Waals surface area contributed by atoms with Gasteiger partial charge in [-0.05, 0) is 30.7 Å². The van der Waals surface area contributed by atoms with Crippen molar-refractivity contribution < 1.29 is 37.4 Å². The molecule has 0 spiro atoms. The highest BCUT2D eigenvalue weighted by Gasteiger charge is 2.35. The van der Waals surface area contributed by atoms with Crippen molar-refractivity contribution in [3.05, 3.63) is 47.7 Å². The van der Waals surface area contributed by atoms with E-state index in [9.17, 15) is 32.7 Å². The van der Waals surface area contributed by atoms with E-state index in [1.807, 2.05) is 4.90 Å². The molecule has 1 atom stereocenters. The molecule has 0 radical (unpaired) electrons. The largest absolute Gasteiger partial charge is 0.490 e. The maximum Gasteiger partial charge on any atom is 0.419 e. The number of primary amides is 1. The second kappa shape index (κ2) is 11.0. The second-order valence-corrected chi connectivity index (χ2v) is 7.94. The summed E-state index contributed by atoms with van der Waals surface area (Å²) >= 11 is 0. The molecule has 2 heterocycles. The Hall–Kier alpha value is -3.90. The number of nitrogens with one attached hydrogen (secondary N) is 1. The van der Waals surface area contributed by atoms with E-state index in [2.05, 4.69) is 15.5 Å². The molecule has 10 nitrogen and oxygen atoms in total. The van der Waals surface area contributed by atoms with Crippen molar-refractivity contribution in [1.82, 2.24) is 15.5 Å². The molecule has 0 saturated carbocycles. The number of piperidine rings is 1. The monoisotopic (exact) mass is 495 g/mol. The van der Waals surface area contributed by atoms with Crippen LogP contribution >= 0.6 is 0 Å². The van der Waals surface area contributed by atoms with Crippen molar-refractivity contribution in [3.8, 4) is 5.75 Å². The predicted octanol–water partition coefficient (Wildman–Crippen LogP) is 1.99. The quantitative estimate of drug-likeness (QED) is 0.479. The SMILES string of the molecule is NC(=O)CC[C@H](NC(=O)c1ccc(N2CCC(Oc3ccccc3C(F)(F)F)CC2)nn1)C(=O)O. The number of hydrogen-bond acceptors (Lipinski definition) is 7. The lowest BCUT2D eigenvalue weighted by Crippen LogP contribution is -2.42. The van der Waals surface area contributed by atoms with Gasteiger partial charge in [0.15, 0.2) is 11.5 Å². The van der Waals surface area contributed by atoms with E-state index in [1.165, 1.54) is 24.3 Å². The fourth-order valence-electron chi connectivity index (χ4n) is 3.58. The van der Waals surface area contributed by atoms with Crippen molar-refractivity contribution in [2.24, 2.45) is 5.73 Å². The third-order valence-corrected chi connectivity index (χ3v) is 5.42. The summed E-state index contributed by atoms with van der Waals surface area (Å²) in [7, 11) is 0. The number of carboxylic acid groups (broad SMARTS) is 1. The number of para-hydroxylation sites is 1. The second-order valence-electron chi connectivity index (χ2n) is 7.94. The molecular formula is C22H24F3N5O5. The molecule has 0 bridgehead atoms. The summed E-state index contributed by atoms with van der Waals surface area (Å²) in [6.07, 6.45) is -4.36. The molecule has 1 aliphatic rings. The first-order chi connectivity index (χ1) is 16.5. The Labute approximate surface area is 198 Å². The highest BCUT2D eigenvalue weighted by Crippen LogP contribution is 2.37. The maximum absolute atomic E-state index is 13.2. The number of rotatable bonds is 9. The first kappa shape index (κ1) is 25.7. The van der Waals surface area contributed by atoms with E-state index in [4.69, 9.17) is 10.5 Å². The molecule has 1 aromatic heterocycles. The fraction of sp³-hybridized carbons (Fsp3) is 0.409. The van der Waals surface area contributed by atoms with Crippen LogP contribution in [0.4, 0.5) is 19.0 Å². The van der Waals surface area contributed by atoms with E-state index in [-0.39, 0.29) is 24.3 Å². The van der Waals surface area contributed by atoms with Crippen LogP contribution in [0.25, 0.3) is 0 Å². The van der Waals surface area contributed by atoms with Crippen molar-refractivity contribution in [2.75, 3.05) is 18.0 Å². The third-order valence-electron chi connectivity index (χ3n) is 5.42. The van der Waals surface area contributed by atoms with Gasteiger partial charge in [-0.1, -0.05) is 12.1 Å². The zero-order valence-corrected chi connectivity index (χ0v) is 18.5. The molecule has 1 fully saturated rings. The normalized spacial score (nSPS) is 15.3. The Morgan fingerprint density at radius 2 is 1.83 bits per heavy atom. The van der Waals surface area contributed by atoms with E-state index >= 15 is 0 Å². The molecular weight excluding hydrogens is 471 g/mol. The summed E-state index contributed by atoms with van der Waals surface area (Å²) in [5.74, 6) is -2.51. The van der Waals surface area contributed by atoms with Crippen molar-refractivity contribution in [1.29, 1.82) is 0 Å². The van der Waals surface area contributed by atoms with Gasteiger partial charge in [-0.2, -0.15) is 13.2 Å². The van der Waals surface area contributed by atoms with Crippen LogP contribution in [0.15, 0.2) is 36.4 Å². The van der Waals surface area contributed by atoms with Gasteiger partial charge in [0, 0.05) is 32.4 Å². The smallest absolute Gasteiger partial charge is 0.419 e. The number of aliphatic carboxylic acids is 1. The van der Waals surface area contributed by atoms with Crippen molar-refractivity contribution in [3.63, 3.8) is 0 Å². The van der Waals surface area contributed by atoms with Gasteiger partial charge in [0.1, 0.15) is 17.9 Å². The molecule has 0 unspecified atom stereocenters. The molecule has 0 aliphatic carbocycles. The number of anilines is 1. The zero-order valence-electron chi connectivity index (χ0n) is 18.5. The van der Waals surface area contributed by atoms with Crippen LogP contribution in [0.2, 0.25) is 0 Å². The number of aromatic nitrogens is 2. The lowest BCUT2D eigenvalue weighted by atomic mass is 10.1. The van der Waals surface area contributed by atoms with Crippen LogP contribution in [-0.2, 0) is 15.8 Å². The molecule has 2 aromatic rings. The summed E-state index contributed by atoms with van der Waals surface area (Å²) in [4.78, 5) is 36.3. The van der Waals surface area contributed by atoms with Crippen molar-refractivity contribution >= 4 is 23.6 Å². The number of carbonyl (C=O) groups is 3. The minimum atomic E-state index is -4.51. The molecule has 1 aromatic carbocycles. The summed E-state index contributed by atoms with van der Waals surface area (Å²) < 4.78 is 45.2. The topological polar surface area (TPSA) is 148 Å². The lowest BCUT2D eigenvalue weighted by molar-refractivity contribution is -0.140. The average molecular weight is 495 g/mol. The van der Waals surface area contributed by atoms with Gasteiger partial charge >= 0.3 is 12.1 Å². The predicted molar refractivity (Wildman–Crippen MR) is 117 cm³/mol. The zero-order chi connectivity index (χ0) is 25.6.